The first-order valence-corrected chi connectivity index (χ1v) is 8.56. The predicted octanol–water partition coefficient (Wildman–Crippen LogP) is 1.79. The molecule has 0 bridgehead atoms. The molecule has 0 unspecified atom stereocenters. The molecule has 3 aromatic rings. The Hall–Kier alpha value is -3.75. The molecule has 1 heterocycles. The Morgan fingerprint density at radius 2 is 1.93 bits per heavy atom. The van der Waals surface area contributed by atoms with Gasteiger partial charge in [0.1, 0.15) is 11.3 Å². The standard InChI is InChI=1S/C19H19N5O4/c1-12(25)20-13-7-8-17(28-2)16(11-13)21-18(26)9-10-24-19(27)14-5-3-4-6-15(14)22-23-24/h3-8,11H,9-10H2,1-2H3,(H,20,25)(H,21,26). The van der Waals surface area contributed by atoms with E-state index in [1.165, 1.54) is 14.0 Å². The molecule has 2 amide bonds. The summed E-state index contributed by atoms with van der Waals surface area (Å²) in [5.74, 6) is -0.109. The van der Waals surface area contributed by atoms with Crippen LogP contribution in [0.1, 0.15) is 13.3 Å². The summed E-state index contributed by atoms with van der Waals surface area (Å²) in [5.41, 5.74) is 1.15. The molecule has 144 valence electrons. The van der Waals surface area contributed by atoms with Crippen molar-refractivity contribution in [3.05, 3.63) is 52.8 Å². The number of hydrogen-bond acceptors (Lipinski definition) is 6. The number of nitrogens with one attached hydrogen (secondary N) is 2. The van der Waals surface area contributed by atoms with Gasteiger partial charge < -0.3 is 15.4 Å². The first-order valence-electron chi connectivity index (χ1n) is 8.56. The van der Waals surface area contributed by atoms with E-state index >= 15 is 0 Å². The summed E-state index contributed by atoms with van der Waals surface area (Å²) in [7, 11) is 1.48. The van der Waals surface area contributed by atoms with Gasteiger partial charge in [0.2, 0.25) is 11.8 Å². The highest BCUT2D eigenvalue weighted by atomic mass is 16.5. The van der Waals surface area contributed by atoms with Gasteiger partial charge in [-0.05, 0) is 30.3 Å². The van der Waals surface area contributed by atoms with E-state index in [0.717, 1.165) is 4.68 Å². The number of methoxy groups -OCH3 is 1. The van der Waals surface area contributed by atoms with E-state index < -0.39 is 0 Å². The van der Waals surface area contributed by atoms with Crippen molar-refractivity contribution in [1.82, 2.24) is 15.0 Å². The first-order chi connectivity index (χ1) is 13.5. The number of aromatic nitrogens is 3. The zero-order valence-electron chi connectivity index (χ0n) is 15.4. The Morgan fingerprint density at radius 3 is 2.68 bits per heavy atom. The Labute approximate surface area is 160 Å². The van der Waals surface area contributed by atoms with Crippen LogP contribution < -0.4 is 20.9 Å². The van der Waals surface area contributed by atoms with Crippen molar-refractivity contribution < 1.29 is 14.3 Å². The molecule has 9 nitrogen and oxygen atoms in total. The predicted molar refractivity (Wildman–Crippen MR) is 104 cm³/mol. The van der Waals surface area contributed by atoms with Crippen LogP contribution in [0.2, 0.25) is 0 Å². The van der Waals surface area contributed by atoms with E-state index in [0.29, 0.717) is 28.0 Å². The lowest BCUT2D eigenvalue weighted by Gasteiger charge is -2.12. The minimum Gasteiger partial charge on any atom is -0.495 e. The Morgan fingerprint density at radius 1 is 1.14 bits per heavy atom. The van der Waals surface area contributed by atoms with Crippen LogP contribution in [0, 0.1) is 0 Å². The van der Waals surface area contributed by atoms with E-state index in [9.17, 15) is 14.4 Å². The quantitative estimate of drug-likeness (QED) is 0.673. The molecule has 0 atom stereocenters. The molecule has 0 spiro atoms. The van der Waals surface area contributed by atoms with Gasteiger partial charge in [-0.3, -0.25) is 14.4 Å². The van der Waals surface area contributed by atoms with E-state index in [2.05, 4.69) is 20.9 Å². The average Bonchev–Trinajstić information content (AvgIpc) is 2.67. The Bertz CT molecular complexity index is 1090. The van der Waals surface area contributed by atoms with Crippen LogP contribution in [0.25, 0.3) is 10.9 Å². The summed E-state index contributed by atoms with van der Waals surface area (Å²) >= 11 is 0. The number of carbonyl (C=O) groups is 2. The highest BCUT2D eigenvalue weighted by molar-refractivity contribution is 5.94. The van der Waals surface area contributed by atoms with Gasteiger partial charge in [-0.1, -0.05) is 17.3 Å². The molecule has 0 aliphatic carbocycles. The molecule has 0 fully saturated rings. The molecular weight excluding hydrogens is 362 g/mol. The fourth-order valence-corrected chi connectivity index (χ4v) is 2.68. The SMILES string of the molecule is COc1ccc(NC(C)=O)cc1NC(=O)CCn1nnc2ccccc2c1=O. The molecule has 1 aromatic heterocycles. The average molecular weight is 381 g/mol. The third-order valence-corrected chi connectivity index (χ3v) is 3.97. The smallest absolute Gasteiger partial charge is 0.277 e. The highest BCUT2D eigenvalue weighted by Gasteiger charge is 2.11. The maximum atomic E-state index is 12.4. The summed E-state index contributed by atoms with van der Waals surface area (Å²) in [6.45, 7) is 1.47. The number of rotatable bonds is 6. The summed E-state index contributed by atoms with van der Waals surface area (Å²) in [6, 6.07) is 11.8. The molecule has 0 aliphatic heterocycles. The van der Waals surface area contributed by atoms with Gasteiger partial charge in [0, 0.05) is 19.0 Å². The van der Waals surface area contributed by atoms with E-state index in [-0.39, 0.29) is 30.3 Å². The zero-order valence-corrected chi connectivity index (χ0v) is 15.4. The number of anilines is 2. The van der Waals surface area contributed by atoms with E-state index in [1.807, 2.05) is 0 Å². The summed E-state index contributed by atoms with van der Waals surface area (Å²) < 4.78 is 6.39. The van der Waals surface area contributed by atoms with Gasteiger partial charge in [0.25, 0.3) is 5.56 Å². The van der Waals surface area contributed by atoms with Crippen molar-refractivity contribution in [1.29, 1.82) is 0 Å². The van der Waals surface area contributed by atoms with Crippen molar-refractivity contribution in [3.8, 4) is 5.75 Å². The van der Waals surface area contributed by atoms with Gasteiger partial charge in [0.15, 0.2) is 0 Å². The lowest BCUT2D eigenvalue weighted by atomic mass is 10.2. The molecule has 0 radical (unpaired) electrons. The maximum Gasteiger partial charge on any atom is 0.277 e. The molecule has 2 N–H and O–H groups in total. The van der Waals surface area contributed by atoms with Crippen LogP contribution >= 0.6 is 0 Å². The van der Waals surface area contributed by atoms with Crippen LogP contribution in [-0.4, -0.2) is 33.9 Å². The summed E-state index contributed by atoms with van der Waals surface area (Å²) in [6.07, 6.45) is 0.0143. The molecule has 0 saturated carbocycles. The molecule has 2 aromatic carbocycles. The van der Waals surface area contributed by atoms with E-state index in [1.54, 1.807) is 42.5 Å². The Balaban J connectivity index is 1.72. The topological polar surface area (TPSA) is 115 Å². The number of fused-ring (bicyclic) bond motifs is 1. The van der Waals surface area contributed by atoms with Crippen LogP contribution in [0.3, 0.4) is 0 Å². The number of carbonyl (C=O) groups excluding carboxylic acids is 2. The number of benzene rings is 2. The number of hydrogen-bond donors (Lipinski definition) is 2. The van der Waals surface area contributed by atoms with Crippen LogP contribution in [0.5, 0.6) is 5.75 Å². The second-order valence-corrected chi connectivity index (χ2v) is 6.03. The van der Waals surface area contributed by atoms with Crippen LogP contribution in [0.4, 0.5) is 11.4 Å². The minimum absolute atomic E-state index is 0.0143. The lowest BCUT2D eigenvalue weighted by Crippen LogP contribution is -2.26. The van der Waals surface area contributed by atoms with Gasteiger partial charge in [0.05, 0.1) is 24.7 Å². The third kappa shape index (κ3) is 4.32. The molecule has 9 heteroatoms. The van der Waals surface area contributed by atoms with E-state index in [4.69, 9.17) is 4.74 Å². The molecule has 3 rings (SSSR count). The summed E-state index contributed by atoms with van der Waals surface area (Å²) in [4.78, 5) is 36.0. The van der Waals surface area contributed by atoms with Crippen molar-refractivity contribution in [2.45, 2.75) is 19.9 Å². The van der Waals surface area contributed by atoms with Crippen LogP contribution in [-0.2, 0) is 16.1 Å². The first kappa shape index (κ1) is 19.0. The van der Waals surface area contributed by atoms with Crippen molar-refractivity contribution in [2.24, 2.45) is 0 Å². The van der Waals surface area contributed by atoms with Crippen LogP contribution in [0.15, 0.2) is 47.3 Å². The fraction of sp³-hybridized carbons (Fsp3) is 0.211. The number of nitrogens with zero attached hydrogens (tertiary/aromatic N) is 3. The maximum absolute atomic E-state index is 12.4. The number of aryl methyl sites for hydroxylation is 1. The zero-order chi connectivity index (χ0) is 20.1. The van der Waals surface area contributed by atoms with Crippen molar-refractivity contribution in [2.75, 3.05) is 17.7 Å². The number of ether oxygens (including phenoxy) is 1. The van der Waals surface area contributed by atoms with Crippen molar-refractivity contribution >= 4 is 34.1 Å². The van der Waals surface area contributed by atoms with Gasteiger partial charge >= 0.3 is 0 Å². The minimum atomic E-state index is -0.333. The molecule has 0 saturated heterocycles. The second kappa shape index (κ2) is 8.30. The molecule has 28 heavy (non-hydrogen) atoms. The largest absolute Gasteiger partial charge is 0.495 e. The molecular formula is C19H19N5O4. The normalized spacial score (nSPS) is 10.5. The van der Waals surface area contributed by atoms with Gasteiger partial charge in [-0.25, -0.2) is 4.68 Å². The second-order valence-electron chi connectivity index (χ2n) is 6.03. The lowest BCUT2D eigenvalue weighted by molar-refractivity contribution is -0.116. The molecule has 0 aliphatic rings. The van der Waals surface area contributed by atoms with Gasteiger partial charge in [-0.2, -0.15) is 0 Å². The third-order valence-electron chi connectivity index (χ3n) is 3.97. The van der Waals surface area contributed by atoms with Gasteiger partial charge in [-0.15, -0.1) is 5.10 Å². The monoisotopic (exact) mass is 381 g/mol. The number of amides is 2. The fourth-order valence-electron chi connectivity index (χ4n) is 2.68. The summed E-state index contributed by atoms with van der Waals surface area (Å²) in [5, 5.41) is 13.7. The highest BCUT2D eigenvalue weighted by Crippen LogP contribution is 2.28. The van der Waals surface area contributed by atoms with Crippen molar-refractivity contribution in [3.63, 3.8) is 0 Å². The Kier molecular flexibility index (Phi) is 5.64.